The van der Waals surface area contributed by atoms with Crippen LogP contribution in [0.5, 0.6) is 11.5 Å². The Morgan fingerprint density at radius 1 is 1.20 bits per heavy atom. The van der Waals surface area contributed by atoms with Crippen LogP contribution >= 0.6 is 11.6 Å². The number of carboxylic acids is 1. The monoisotopic (exact) mass is 500 g/mol. The number of nitrogens with zero attached hydrogens (tertiary/aromatic N) is 2. The van der Waals surface area contributed by atoms with Crippen LogP contribution in [-0.2, 0) is 11.3 Å². The van der Waals surface area contributed by atoms with Gasteiger partial charge in [-0.2, -0.15) is 5.10 Å². The third kappa shape index (κ3) is 6.51. The molecule has 0 fully saturated rings. The van der Waals surface area contributed by atoms with Crippen LogP contribution in [0, 0.1) is 6.92 Å². The summed E-state index contributed by atoms with van der Waals surface area (Å²) in [4.78, 5) is 37.2. The quantitative estimate of drug-likeness (QED) is 0.351. The molecular weight excluding hydrogens is 476 g/mol. The summed E-state index contributed by atoms with van der Waals surface area (Å²) in [5.41, 5.74) is 0.0914. The number of halogens is 1. The van der Waals surface area contributed by atoms with E-state index in [-0.39, 0.29) is 17.9 Å². The number of carbonyl (C=O) groups is 2. The Bertz CT molecular complexity index is 1290. The lowest BCUT2D eigenvalue weighted by atomic mass is 10.0. The molecule has 2 aromatic carbocycles. The van der Waals surface area contributed by atoms with E-state index in [1.165, 1.54) is 6.92 Å². The molecule has 0 spiro atoms. The number of anilines is 1. The highest BCUT2D eigenvalue weighted by Crippen LogP contribution is 2.24. The Morgan fingerprint density at radius 3 is 2.63 bits per heavy atom. The standard InChI is InChI=1S/C24H25ClN4O6/c1-3-35-17-9-6-8-15(11-17)19(12-20(30)31)26-24(34)27-21-22(32)14(2)28-29(23(21)33)13-16-7-4-5-10-18(16)25/h4-11,19,32H,3,12-13H2,1-2H3,(H,30,31)(H2,26,27,34)/t19-/m0/s1. The minimum atomic E-state index is -1.14. The van der Waals surface area contributed by atoms with Gasteiger partial charge in [0.05, 0.1) is 25.6 Å². The molecule has 11 heteroatoms. The first-order valence-corrected chi connectivity index (χ1v) is 11.1. The molecule has 184 valence electrons. The van der Waals surface area contributed by atoms with Gasteiger partial charge >= 0.3 is 12.0 Å². The van der Waals surface area contributed by atoms with Crippen LogP contribution in [0.1, 0.15) is 36.2 Å². The lowest BCUT2D eigenvalue weighted by molar-refractivity contribution is -0.137. The number of ether oxygens (including phenoxy) is 1. The SMILES string of the molecule is CCOc1cccc([C@H](CC(=O)O)NC(=O)Nc2c(O)c(C)nn(Cc3ccccc3Cl)c2=O)c1. The average molecular weight is 501 g/mol. The second kappa shape index (κ2) is 11.4. The predicted octanol–water partition coefficient (Wildman–Crippen LogP) is 3.70. The average Bonchev–Trinajstić information content (AvgIpc) is 2.81. The molecule has 4 N–H and O–H groups in total. The number of carboxylic acid groups (broad SMARTS) is 1. The van der Waals surface area contributed by atoms with Crippen molar-refractivity contribution in [1.29, 1.82) is 0 Å². The van der Waals surface area contributed by atoms with E-state index in [0.717, 1.165) is 4.68 Å². The van der Waals surface area contributed by atoms with Crippen LogP contribution in [0.15, 0.2) is 53.3 Å². The zero-order valence-corrected chi connectivity index (χ0v) is 19.9. The van der Waals surface area contributed by atoms with Gasteiger partial charge in [-0.25, -0.2) is 9.48 Å². The molecule has 0 aliphatic rings. The van der Waals surface area contributed by atoms with Gasteiger partial charge in [0.15, 0.2) is 11.4 Å². The molecule has 1 aromatic heterocycles. The first kappa shape index (κ1) is 25.6. The highest BCUT2D eigenvalue weighted by atomic mass is 35.5. The summed E-state index contributed by atoms with van der Waals surface area (Å²) in [5.74, 6) is -1.11. The molecule has 0 unspecified atom stereocenters. The van der Waals surface area contributed by atoms with Gasteiger partial charge in [0, 0.05) is 5.02 Å². The number of aliphatic carboxylic acids is 1. The van der Waals surface area contributed by atoms with E-state index in [1.807, 2.05) is 6.92 Å². The number of urea groups is 1. The number of hydrogen-bond donors (Lipinski definition) is 4. The van der Waals surface area contributed by atoms with E-state index >= 15 is 0 Å². The van der Waals surface area contributed by atoms with Crippen molar-refractivity contribution < 1.29 is 24.5 Å². The van der Waals surface area contributed by atoms with E-state index in [9.17, 15) is 24.6 Å². The third-order valence-corrected chi connectivity index (χ3v) is 5.44. The molecular formula is C24H25ClN4O6. The Balaban J connectivity index is 1.86. The fourth-order valence-electron chi connectivity index (χ4n) is 3.42. The van der Waals surface area contributed by atoms with Gasteiger partial charge in [0.2, 0.25) is 0 Å². The molecule has 2 amide bonds. The molecule has 0 saturated carbocycles. The number of carbonyl (C=O) groups excluding carboxylic acids is 1. The van der Waals surface area contributed by atoms with E-state index < -0.39 is 35.8 Å². The van der Waals surface area contributed by atoms with E-state index in [4.69, 9.17) is 16.3 Å². The van der Waals surface area contributed by atoms with Gasteiger partial charge in [0.1, 0.15) is 11.4 Å². The van der Waals surface area contributed by atoms with E-state index in [0.29, 0.717) is 28.5 Å². The van der Waals surface area contributed by atoms with Crippen LogP contribution in [0.25, 0.3) is 0 Å². The van der Waals surface area contributed by atoms with Gasteiger partial charge in [-0.15, -0.1) is 0 Å². The van der Waals surface area contributed by atoms with Crippen molar-refractivity contribution in [2.24, 2.45) is 0 Å². The Morgan fingerprint density at radius 2 is 1.94 bits per heavy atom. The number of aryl methyl sites for hydroxylation is 1. The molecule has 0 bridgehead atoms. The van der Waals surface area contributed by atoms with Crippen LogP contribution in [0.4, 0.5) is 10.5 Å². The smallest absolute Gasteiger partial charge is 0.319 e. The number of nitrogens with one attached hydrogen (secondary N) is 2. The van der Waals surface area contributed by atoms with Gasteiger partial charge < -0.3 is 20.3 Å². The maximum atomic E-state index is 13.0. The van der Waals surface area contributed by atoms with Gasteiger partial charge in [-0.3, -0.25) is 14.9 Å². The molecule has 3 rings (SSSR count). The Hall–Kier alpha value is -4.05. The second-order valence-electron chi connectivity index (χ2n) is 7.62. The highest BCUT2D eigenvalue weighted by Gasteiger charge is 2.22. The summed E-state index contributed by atoms with van der Waals surface area (Å²) in [6.45, 7) is 3.73. The summed E-state index contributed by atoms with van der Waals surface area (Å²) in [6.07, 6.45) is -0.416. The van der Waals surface area contributed by atoms with Crippen LogP contribution < -0.4 is 20.9 Å². The summed E-state index contributed by atoms with van der Waals surface area (Å²) in [6, 6.07) is 11.8. The Labute approximate surface area is 206 Å². The fourth-order valence-corrected chi connectivity index (χ4v) is 3.61. The minimum Gasteiger partial charge on any atom is -0.504 e. The topological polar surface area (TPSA) is 143 Å². The number of rotatable bonds is 9. The van der Waals surface area contributed by atoms with Crippen molar-refractivity contribution in [1.82, 2.24) is 15.1 Å². The third-order valence-electron chi connectivity index (χ3n) is 5.07. The first-order chi connectivity index (χ1) is 16.7. The number of aromatic nitrogens is 2. The molecule has 1 atom stereocenters. The summed E-state index contributed by atoms with van der Waals surface area (Å²) in [5, 5.41) is 29.1. The first-order valence-electron chi connectivity index (χ1n) is 10.8. The van der Waals surface area contributed by atoms with Crippen LogP contribution in [0.2, 0.25) is 5.02 Å². The van der Waals surface area contributed by atoms with Crippen molar-refractivity contribution in [3.63, 3.8) is 0 Å². The van der Waals surface area contributed by atoms with Crippen molar-refractivity contribution in [2.45, 2.75) is 32.9 Å². The van der Waals surface area contributed by atoms with Crippen molar-refractivity contribution >= 4 is 29.3 Å². The number of amides is 2. The molecule has 0 radical (unpaired) electrons. The normalized spacial score (nSPS) is 11.5. The Kier molecular flexibility index (Phi) is 8.32. The second-order valence-corrected chi connectivity index (χ2v) is 8.02. The molecule has 10 nitrogen and oxygen atoms in total. The van der Waals surface area contributed by atoms with Crippen LogP contribution in [-0.4, -0.2) is 38.6 Å². The van der Waals surface area contributed by atoms with Crippen molar-refractivity contribution in [3.8, 4) is 11.5 Å². The largest absolute Gasteiger partial charge is 0.504 e. The lowest BCUT2D eigenvalue weighted by Gasteiger charge is -2.19. The van der Waals surface area contributed by atoms with E-state index in [1.54, 1.807) is 48.5 Å². The highest BCUT2D eigenvalue weighted by molar-refractivity contribution is 6.31. The maximum Gasteiger partial charge on any atom is 0.319 e. The van der Waals surface area contributed by atoms with Gasteiger partial charge in [-0.05, 0) is 43.2 Å². The molecule has 0 saturated heterocycles. The lowest BCUT2D eigenvalue weighted by Crippen LogP contribution is -2.37. The predicted molar refractivity (Wildman–Crippen MR) is 130 cm³/mol. The molecule has 35 heavy (non-hydrogen) atoms. The maximum absolute atomic E-state index is 13.0. The fraction of sp³-hybridized carbons (Fsp3) is 0.250. The van der Waals surface area contributed by atoms with Crippen molar-refractivity contribution in [2.75, 3.05) is 11.9 Å². The summed E-state index contributed by atoms with van der Waals surface area (Å²) >= 11 is 6.18. The summed E-state index contributed by atoms with van der Waals surface area (Å²) < 4.78 is 6.52. The zero-order valence-electron chi connectivity index (χ0n) is 19.1. The van der Waals surface area contributed by atoms with Gasteiger partial charge in [0.25, 0.3) is 5.56 Å². The number of benzene rings is 2. The van der Waals surface area contributed by atoms with E-state index in [2.05, 4.69) is 15.7 Å². The zero-order chi connectivity index (χ0) is 25.5. The van der Waals surface area contributed by atoms with Gasteiger partial charge in [-0.1, -0.05) is 41.9 Å². The summed E-state index contributed by atoms with van der Waals surface area (Å²) in [7, 11) is 0. The van der Waals surface area contributed by atoms with Crippen molar-refractivity contribution in [3.05, 3.63) is 80.7 Å². The number of hydrogen-bond acceptors (Lipinski definition) is 6. The molecule has 1 heterocycles. The van der Waals surface area contributed by atoms with Crippen LogP contribution in [0.3, 0.4) is 0 Å². The number of aromatic hydroxyl groups is 1. The molecule has 0 aliphatic heterocycles. The molecule has 3 aromatic rings. The minimum absolute atomic E-state index is 0.0157. The molecule has 0 aliphatic carbocycles.